The Morgan fingerprint density at radius 3 is 2.12 bits per heavy atom. The number of ether oxygens (including phenoxy) is 2. The molecule has 2 aromatic carbocycles. The topological polar surface area (TPSA) is 157 Å². The zero-order chi connectivity index (χ0) is 42.7. The fourth-order valence-corrected chi connectivity index (χ4v) is 13.0. The molecule has 0 fully saturated rings. The Bertz CT molecular complexity index is 1890. The molecule has 0 radical (unpaired) electrons. The van der Waals surface area contributed by atoms with Crippen LogP contribution in [0.5, 0.6) is 0 Å². The van der Waals surface area contributed by atoms with Crippen molar-refractivity contribution in [3.05, 3.63) is 88.9 Å². The van der Waals surface area contributed by atoms with E-state index < -0.39 is 55.4 Å². The minimum Gasteiger partial charge on any atom is -0.469 e. The molecule has 15 heteroatoms. The first-order chi connectivity index (χ1) is 27.3. The number of methoxy groups -OCH3 is 1. The van der Waals surface area contributed by atoms with Crippen molar-refractivity contribution in [2.45, 2.75) is 110 Å². The number of thioether (sulfide) groups is 1. The lowest BCUT2D eigenvalue weighted by Gasteiger charge is -2.43. The van der Waals surface area contributed by atoms with Gasteiger partial charge >= 0.3 is 12.1 Å². The summed E-state index contributed by atoms with van der Waals surface area (Å²) >= 11 is 2.78. The first kappa shape index (κ1) is 46.4. The van der Waals surface area contributed by atoms with Crippen LogP contribution >= 0.6 is 23.1 Å². The van der Waals surface area contributed by atoms with Gasteiger partial charge in [0.15, 0.2) is 0 Å². The number of nitrogens with zero attached hydrogens (tertiary/aromatic N) is 2. The molecule has 1 aliphatic heterocycles. The molecule has 3 amide bonds. The van der Waals surface area contributed by atoms with E-state index in [-0.39, 0.29) is 23.9 Å². The number of alkyl carbamates (subject to hydrolysis) is 1. The zero-order valence-electron chi connectivity index (χ0n) is 35.3. The molecule has 0 unspecified atom stereocenters. The molecule has 4 rings (SSSR count). The van der Waals surface area contributed by atoms with Crippen molar-refractivity contribution in [3.63, 3.8) is 0 Å². The van der Waals surface area contributed by atoms with Crippen LogP contribution in [0.15, 0.2) is 83.2 Å². The average molecular weight is 850 g/mol. The maximum Gasteiger partial charge on any atom is 0.408 e. The number of aliphatic imine (C=N–C) groups is 1. The second-order valence-corrected chi connectivity index (χ2v) is 23.0. The summed E-state index contributed by atoms with van der Waals surface area (Å²) in [7, 11) is -1.42. The molecular weight excluding hydrogens is 791 g/mol. The highest BCUT2D eigenvalue weighted by molar-refractivity contribution is 8.14. The molecule has 12 nitrogen and oxygen atoms in total. The van der Waals surface area contributed by atoms with Crippen LogP contribution in [-0.4, -0.2) is 84.9 Å². The Morgan fingerprint density at radius 2 is 1.57 bits per heavy atom. The highest BCUT2D eigenvalue weighted by Gasteiger charge is 2.50. The summed E-state index contributed by atoms with van der Waals surface area (Å²) in [6, 6.07) is 19.2. The van der Waals surface area contributed by atoms with Crippen molar-refractivity contribution in [1.29, 1.82) is 0 Å². The number of thiazole rings is 1. The lowest BCUT2D eigenvalue weighted by molar-refractivity contribution is -0.141. The number of amides is 3. The first-order valence-corrected chi connectivity index (χ1v) is 23.3. The Hall–Kier alpha value is -4.31. The summed E-state index contributed by atoms with van der Waals surface area (Å²) in [6.07, 6.45) is 3.63. The lowest BCUT2D eigenvalue weighted by Crippen LogP contribution is -2.66. The number of carbonyl (C=O) groups is 4. The number of hydrogen-bond acceptors (Lipinski definition) is 11. The average Bonchev–Trinajstić information content (AvgIpc) is 3.81. The van der Waals surface area contributed by atoms with Gasteiger partial charge < -0.3 is 29.9 Å². The number of carbonyl (C=O) groups excluding carboxylic acids is 4. The van der Waals surface area contributed by atoms with Gasteiger partial charge in [-0.15, -0.1) is 23.1 Å². The maximum atomic E-state index is 13.8. The van der Waals surface area contributed by atoms with E-state index in [0.29, 0.717) is 34.5 Å². The van der Waals surface area contributed by atoms with Gasteiger partial charge in [-0.3, -0.25) is 19.4 Å². The SMILES string of the molecule is COC(=O)C[C@@H](/C=C/CCO[Si](c1ccccc1)(c1ccccc1)C(C)(C)C)NC(=O)[C@@H](NC(=O)[C@]1(C)CSC(c2csc(CNC(=O)OC(C)(C)C)n2)=N1)C(C)C. The first-order valence-electron chi connectivity index (χ1n) is 19.5. The summed E-state index contributed by atoms with van der Waals surface area (Å²) in [5, 5.41) is 13.9. The molecule has 1 aromatic heterocycles. The molecule has 3 aromatic rings. The third-order valence-electron chi connectivity index (χ3n) is 9.45. The number of esters is 1. The summed E-state index contributed by atoms with van der Waals surface area (Å²) in [6.45, 7) is 18.1. The number of hydrogen-bond donors (Lipinski definition) is 3. The fraction of sp³-hybridized carbons (Fsp3) is 0.488. The molecular formula is C43H59N5O7S2Si. The summed E-state index contributed by atoms with van der Waals surface area (Å²) < 4.78 is 17.3. The Kier molecular flexibility index (Phi) is 16.1. The van der Waals surface area contributed by atoms with E-state index in [4.69, 9.17) is 18.9 Å². The van der Waals surface area contributed by atoms with Crippen LogP contribution in [0.25, 0.3) is 0 Å². The molecule has 3 N–H and O–H groups in total. The van der Waals surface area contributed by atoms with E-state index in [9.17, 15) is 19.2 Å². The normalized spacial score (nSPS) is 17.1. The Morgan fingerprint density at radius 1 is 0.948 bits per heavy atom. The summed E-state index contributed by atoms with van der Waals surface area (Å²) in [4.78, 5) is 61.5. The van der Waals surface area contributed by atoms with Crippen molar-refractivity contribution in [3.8, 4) is 0 Å². The molecule has 0 bridgehead atoms. The fourth-order valence-electron chi connectivity index (χ4n) is 6.53. The van der Waals surface area contributed by atoms with Gasteiger partial charge in [0.1, 0.15) is 32.9 Å². The number of aromatic nitrogens is 1. The maximum absolute atomic E-state index is 13.8. The molecule has 0 spiro atoms. The van der Waals surface area contributed by atoms with Crippen LogP contribution in [0, 0.1) is 5.92 Å². The van der Waals surface area contributed by atoms with Crippen molar-refractivity contribution in [2.75, 3.05) is 19.5 Å². The van der Waals surface area contributed by atoms with E-state index >= 15 is 0 Å². The quantitative estimate of drug-likeness (QED) is 0.0630. The lowest BCUT2D eigenvalue weighted by atomic mass is 9.99. The highest BCUT2D eigenvalue weighted by Crippen LogP contribution is 2.37. The third-order valence-corrected chi connectivity index (χ3v) is 16.6. The third kappa shape index (κ3) is 12.4. The van der Waals surface area contributed by atoms with Gasteiger partial charge in [-0.2, -0.15) is 0 Å². The van der Waals surface area contributed by atoms with Gasteiger partial charge in [-0.05, 0) is 55.4 Å². The van der Waals surface area contributed by atoms with Crippen molar-refractivity contribution in [2.24, 2.45) is 10.9 Å². The standard InChI is InChI=1S/C43H59N5O7S2Si/c1-29(2)36(47-39(51)43(9)28-57-38(48-43)33-27-56-34(46-33)26-44-40(52)55-41(3,4)5)37(50)45-30(25-35(49)53-10)19-17-18-24-54-58(42(6,7)8,31-20-13-11-14-21-31)32-22-15-12-16-23-32/h11-17,19-23,27,29-30,36H,18,24-26,28H2,1-10H3,(H,44,52)(H,45,50)(H,47,51)/b19-17+/t30-,36+,43+/m1/s1. The van der Waals surface area contributed by atoms with Gasteiger partial charge in [-0.25, -0.2) is 9.78 Å². The summed E-state index contributed by atoms with van der Waals surface area (Å²) in [5.41, 5.74) is -1.15. The Labute approximate surface area is 352 Å². The molecule has 3 atom stereocenters. The predicted molar refractivity (Wildman–Crippen MR) is 235 cm³/mol. The number of nitrogens with one attached hydrogen (secondary N) is 3. The minimum atomic E-state index is -2.73. The van der Waals surface area contributed by atoms with E-state index in [1.807, 2.05) is 61.7 Å². The largest absolute Gasteiger partial charge is 0.469 e. The van der Waals surface area contributed by atoms with E-state index in [2.05, 4.69) is 66.0 Å². The molecule has 0 aliphatic carbocycles. The van der Waals surface area contributed by atoms with Crippen LogP contribution in [0.4, 0.5) is 4.79 Å². The zero-order valence-corrected chi connectivity index (χ0v) is 38.0. The second kappa shape index (κ2) is 20.1. The van der Waals surface area contributed by atoms with Crippen molar-refractivity contribution in [1.82, 2.24) is 20.9 Å². The summed E-state index contributed by atoms with van der Waals surface area (Å²) in [5.74, 6) is -1.22. The van der Waals surface area contributed by atoms with Gasteiger partial charge in [0.25, 0.3) is 8.32 Å². The van der Waals surface area contributed by atoms with E-state index in [1.54, 1.807) is 33.8 Å². The smallest absolute Gasteiger partial charge is 0.408 e. The van der Waals surface area contributed by atoms with Gasteiger partial charge in [0.05, 0.1) is 26.1 Å². The number of benzene rings is 2. The molecule has 0 saturated carbocycles. The molecule has 314 valence electrons. The van der Waals surface area contributed by atoms with Gasteiger partial charge in [0.2, 0.25) is 11.8 Å². The van der Waals surface area contributed by atoms with Crippen LogP contribution < -0.4 is 26.3 Å². The van der Waals surface area contributed by atoms with Crippen LogP contribution in [0.2, 0.25) is 5.04 Å². The molecule has 1 aliphatic rings. The van der Waals surface area contributed by atoms with Crippen molar-refractivity contribution >= 4 is 70.7 Å². The van der Waals surface area contributed by atoms with Crippen LogP contribution in [-0.2, 0) is 34.8 Å². The molecule has 58 heavy (non-hydrogen) atoms. The highest BCUT2D eigenvalue weighted by atomic mass is 32.2. The molecule has 0 saturated heterocycles. The van der Waals surface area contributed by atoms with Crippen LogP contribution in [0.3, 0.4) is 0 Å². The van der Waals surface area contributed by atoms with E-state index in [1.165, 1.54) is 40.6 Å². The van der Waals surface area contributed by atoms with Gasteiger partial charge in [0, 0.05) is 17.7 Å². The monoisotopic (exact) mass is 849 g/mol. The van der Waals surface area contributed by atoms with Crippen LogP contribution in [0.1, 0.15) is 85.9 Å². The second-order valence-electron chi connectivity index (χ2n) is 16.8. The van der Waals surface area contributed by atoms with E-state index in [0.717, 1.165) is 0 Å². The number of rotatable bonds is 17. The van der Waals surface area contributed by atoms with Crippen molar-refractivity contribution < 1.29 is 33.1 Å². The molecule has 2 heterocycles. The van der Waals surface area contributed by atoms with Gasteiger partial charge in [-0.1, -0.05) is 107 Å². The predicted octanol–water partition coefficient (Wildman–Crippen LogP) is 6.13. The Balaban J connectivity index is 1.42. The minimum absolute atomic E-state index is 0.0853.